The Labute approximate surface area is 154 Å². The van der Waals surface area contributed by atoms with Crippen molar-refractivity contribution >= 4 is 5.91 Å². The molecule has 1 atom stereocenters. The first-order valence-electron chi connectivity index (χ1n) is 8.80. The van der Waals surface area contributed by atoms with Gasteiger partial charge in [0.1, 0.15) is 5.82 Å². The van der Waals surface area contributed by atoms with E-state index in [9.17, 15) is 22.4 Å². The third kappa shape index (κ3) is 4.86. The molecular weight excluding hydrogens is 360 g/mol. The first-order chi connectivity index (χ1) is 12.8. The van der Waals surface area contributed by atoms with Crippen molar-refractivity contribution in [2.45, 2.75) is 19.0 Å². The van der Waals surface area contributed by atoms with Crippen molar-refractivity contribution in [3.8, 4) is 11.1 Å². The van der Waals surface area contributed by atoms with E-state index < -0.39 is 23.5 Å². The van der Waals surface area contributed by atoms with Crippen molar-refractivity contribution in [2.24, 2.45) is 5.92 Å². The standard InChI is InChI=1S/C20H20F4N2O/c21-16-4-5-17(14-2-1-3-15(10-14)20(22,23)24)18(11-16)19(27)26-9-7-13-6-8-25-12-13/h1-5,10-11,13,25H,6-9,12H2,(H,26,27). The summed E-state index contributed by atoms with van der Waals surface area (Å²) in [7, 11) is 0. The highest BCUT2D eigenvalue weighted by molar-refractivity contribution is 6.00. The van der Waals surface area contributed by atoms with Gasteiger partial charge in [0.05, 0.1) is 11.1 Å². The Morgan fingerprint density at radius 3 is 2.70 bits per heavy atom. The molecule has 1 amide bonds. The van der Waals surface area contributed by atoms with E-state index in [-0.39, 0.29) is 16.7 Å². The average Bonchev–Trinajstić information content (AvgIpc) is 3.14. The number of amides is 1. The maximum atomic E-state index is 13.7. The smallest absolute Gasteiger partial charge is 0.352 e. The minimum atomic E-state index is -4.49. The zero-order valence-corrected chi connectivity index (χ0v) is 14.6. The number of nitrogens with one attached hydrogen (secondary N) is 2. The van der Waals surface area contributed by atoms with Gasteiger partial charge in [0.15, 0.2) is 0 Å². The molecule has 3 rings (SSSR count). The molecule has 1 aliphatic heterocycles. The molecule has 7 heteroatoms. The predicted octanol–water partition coefficient (Wildman–Crippen LogP) is 4.24. The van der Waals surface area contributed by atoms with Gasteiger partial charge in [-0.05, 0) is 67.2 Å². The fourth-order valence-electron chi connectivity index (χ4n) is 3.27. The SMILES string of the molecule is O=C(NCCC1CCNC1)c1cc(F)ccc1-c1cccc(C(F)(F)F)c1. The Morgan fingerprint density at radius 2 is 2.00 bits per heavy atom. The van der Waals surface area contributed by atoms with Crippen LogP contribution in [0.25, 0.3) is 11.1 Å². The van der Waals surface area contributed by atoms with E-state index in [1.54, 1.807) is 0 Å². The third-order valence-corrected chi connectivity index (χ3v) is 4.73. The van der Waals surface area contributed by atoms with E-state index in [4.69, 9.17) is 0 Å². The summed E-state index contributed by atoms with van der Waals surface area (Å²) in [4.78, 5) is 12.5. The highest BCUT2D eigenvalue weighted by Crippen LogP contribution is 2.33. The van der Waals surface area contributed by atoms with Crippen LogP contribution < -0.4 is 10.6 Å². The number of benzene rings is 2. The normalized spacial score (nSPS) is 17.1. The van der Waals surface area contributed by atoms with Crippen LogP contribution in [0.3, 0.4) is 0 Å². The second-order valence-corrected chi connectivity index (χ2v) is 6.67. The van der Waals surface area contributed by atoms with Gasteiger partial charge in [-0.25, -0.2) is 4.39 Å². The van der Waals surface area contributed by atoms with Gasteiger partial charge in [-0.3, -0.25) is 4.79 Å². The maximum absolute atomic E-state index is 13.7. The molecule has 0 aromatic heterocycles. The van der Waals surface area contributed by atoms with Crippen LogP contribution in [-0.2, 0) is 6.18 Å². The largest absolute Gasteiger partial charge is 0.416 e. The summed E-state index contributed by atoms with van der Waals surface area (Å²) in [5.41, 5.74) is -0.305. The fraction of sp³-hybridized carbons (Fsp3) is 0.350. The zero-order chi connectivity index (χ0) is 19.4. The number of rotatable bonds is 5. The lowest BCUT2D eigenvalue weighted by Crippen LogP contribution is -2.27. The quantitative estimate of drug-likeness (QED) is 0.762. The van der Waals surface area contributed by atoms with Crippen LogP contribution in [0.4, 0.5) is 17.6 Å². The second-order valence-electron chi connectivity index (χ2n) is 6.67. The summed E-state index contributed by atoms with van der Waals surface area (Å²) in [6.45, 7) is 2.30. The molecule has 1 fully saturated rings. The first kappa shape index (κ1) is 19.4. The van der Waals surface area contributed by atoms with Crippen molar-refractivity contribution in [1.29, 1.82) is 0 Å². The van der Waals surface area contributed by atoms with Crippen molar-refractivity contribution in [3.63, 3.8) is 0 Å². The second kappa shape index (κ2) is 8.08. The maximum Gasteiger partial charge on any atom is 0.416 e. The minimum Gasteiger partial charge on any atom is -0.352 e. The molecule has 27 heavy (non-hydrogen) atoms. The molecule has 1 unspecified atom stereocenters. The molecule has 1 aliphatic rings. The lowest BCUT2D eigenvalue weighted by atomic mass is 9.97. The van der Waals surface area contributed by atoms with Gasteiger partial charge in [0, 0.05) is 6.54 Å². The molecule has 1 heterocycles. The zero-order valence-electron chi connectivity index (χ0n) is 14.6. The molecule has 3 nitrogen and oxygen atoms in total. The van der Waals surface area contributed by atoms with Gasteiger partial charge in [-0.15, -0.1) is 0 Å². The number of halogens is 4. The summed E-state index contributed by atoms with van der Waals surface area (Å²) < 4.78 is 52.6. The molecule has 0 saturated carbocycles. The number of hydrogen-bond acceptors (Lipinski definition) is 2. The van der Waals surface area contributed by atoms with Crippen LogP contribution in [0.2, 0.25) is 0 Å². The van der Waals surface area contributed by atoms with Gasteiger partial charge in [-0.1, -0.05) is 18.2 Å². The fourth-order valence-corrected chi connectivity index (χ4v) is 3.27. The number of carbonyl (C=O) groups is 1. The number of hydrogen-bond donors (Lipinski definition) is 2. The van der Waals surface area contributed by atoms with Crippen LogP contribution in [0.15, 0.2) is 42.5 Å². The topological polar surface area (TPSA) is 41.1 Å². The molecule has 144 valence electrons. The van der Waals surface area contributed by atoms with Crippen molar-refractivity contribution in [1.82, 2.24) is 10.6 Å². The summed E-state index contributed by atoms with van der Waals surface area (Å²) in [6, 6.07) is 8.20. The molecule has 2 aromatic carbocycles. The van der Waals surface area contributed by atoms with Crippen molar-refractivity contribution < 1.29 is 22.4 Å². The van der Waals surface area contributed by atoms with E-state index in [1.165, 1.54) is 18.2 Å². The summed E-state index contributed by atoms with van der Waals surface area (Å²) in [6.07, 6.45) is -2.65. The van der Waals surface area contributed by atoms with E-state index in [2.05, 4.69) is 10.6 Å². The van der Waals surface area contributed by atoms with Gasteiger partial charge in [-0.2, -0.15) is 13.2 Å². The Morgan fingerprint density at radius 1 is 1.19 bits per heavy atom. The molecule has 0 spiro atoms. The Kier molecular flexibility index (Phi) is 5.79. The highest BCUT2D eigenvalue weighted by atomic mass is 19.4. The molecule has 0 aliphatic carbocycles. The monoisotopic (exact) mass is 380 g/mol. The van der Waals surface area contributed by atoms with Gasteiger partial charge < -0.3 is 10.6 Å². The Bertz CT molecular complexity index is 814. The van der Waals surface area contributed by atoms with Gasteiger partial charge in [0.25, 0.3) is 5.91 Å². The van der Waals surface area contributed by atoms with E-state index >= 15 is 0 Å². The van der Waals surface area contributed by atoms with Gasteiger partial charge in [0.2, 0.25) is 0 Å². The molecule has 0 bridgehead atoms. The van der Waals surface area contributed by atoms with Crippen molar-refractivity contribution in [3.05, 3.63) is 59.4 Å². The van der Waals surface area contributed by atoms with Crippen LogP contribution in [0.5, 0.6) is 0 Å². The van der Waals surface area contributed by atoms with Crippen molar-refractivity contribution in [2.75, 3.05) is 19.6 Å². The van der Waals surface area contributed by atoms with Crippen LogP contribution in [0.1, 0.15) is 28.8 Å². The van der Waals surface area contributed by atoms with E-state index in [0.29, 0.717) is 12.5 Å². The first-order valence-corrected chi connectivity index (χ1v) is 8.80. The number of alkyl halides is 3. The summed E-state index contributed by atoms with van der Waals surface area (Å²) in [5, 5.41) is 6.00. The Hall–Kier alpha value is -2.41. The molecule has 1 saturated heterocycles. The van der Waals surface area contributed by atoms with Crippen LogP contribution >= 0.6 is 0 Å². The lowest BCUT2D eigenvalue weighted by Gasteiger charge is -2.14. The van der Waals surface area contributed by atoms with Crippen LogP contribution in [-0.4, -0.2) is 25.5 Å². The highest BCUT2D eigenvalue weighted by Gasteiger charge is 2.30. The molecule has 0 radical (unpaired) electrons. The predicted molar refractivity (Wildman–Crippen MR) is 94.8 cm³/mol. The average molecular weight is 380 g/mol. The van der Waals surface area contributed by atoms with Gasteiger partial charge >= 0.3 is 6.18 Å². The summed E-state index contributed by atoms with van der Waals surface area (Å²) in [5.74, 6) is -0.621. The number of carbonyl (C=O) groups excluding carboxylic acids is 1. The lowest BCUT2D eigenvalue weighted by molar-refractivity contribution is -0.137. The van der Waals surface area contributed by atoms with Crippen LogP contribution in [0, 0.1) is 11.7 Å². The van der Waals surface area contributed by atoms with E-state index in [1.807, 2.05) is 0 Å². The molecule has 2 N–H and O–H groups in total. The molecular formula is C20H20F4N2O. The summed E-state index contributed by atoms with van der Waals surface area (Å²) >= 11 is 0. The Balaban J connectivity index is 1.81. The molecule has 2 aromatic rings. The van der Waals surface area contributed by atoms with E-state index in [0.717, 1.165) is 50.2 Å². The third-order valence-electron chi connectivity index (χ3n) is 4.73. The minimum absolute atomic E-state index is 0.0267.